The van der Waals surface area contributed by atoms with Crippen molar-refractivity contribution in [3.05, 3.63) is 60.2 Å². The average molecular weight is 313 g/mol. The number of ether oxygens (including phenoxy) is 1. The van der Waals surface area contributed by atoms with Crippen molar-refractivity contribution in [3.8, 4) is 5.75 Å². The second-order valence-electron chi connectivity index (χ2n) is 4.14. The van der Waals surface area contributed by atoms with Crippen molar-refractivity contribution in [2.45, 2.75) is 18.1 Å². The molecule has 0 aliphatic heterocycles. The molecule has 0 amide bonds. The SMILES string of the molecule is O=S(=O)(NCc1ccccc1)c1ccccc1OC(F)F. The topological polar surface area (TPSA) is 55.4 Å². The Kier molecular flexibility index (Phi) is 4.87. The number of alkyl halides is 2. The third-order valence-corrected chi connectivity index (χ3v) is 4.10. The fraction of sp³-hybridized carbons (Fsp3) is 0.143. The van der Waals surface area contributed by atoms with Gasteiger partial charge in [0.15, 0.2) is 0 Å². The predicted octanol–water partition coefficient (Wildman–Crippen LogP) is 2.77. The summed E-state index contributed by atoms with van der Waals surface area (Å²) >= 11 is 0. The number of nitrogens with one attached hydrogen (secondary N) is 1. The summed E-state index contributed by atoms with van der Waals surface area (Å²) < 4.78 is 55.5. The number of para-hydroxylation sites is 1. The normalized spacial score (nSPS) is 11.6. The summed E-state index contributed by atoms with van der Waals surface area (Å²) in [6.45, 7) is -3.03. The third kappa shape index (κ3) is 4.24. The van der Waals surface area contributed by atoms with Crippen LogP contribution in [0.2, 0.25) is 0 Å². The number of benzene rings is 2. The summed E-state index contributed by atoms with van der Waals surface area (Å²) in [5.41, 5.74) is 0.758. The van der Waals surface area contributed by atoms with Gasteiger partial charge < -0.3 is 4.74 Å². The molecule has 0 aliphatic carbocycles. The molecule has 2 aromatic rings. The summed E-state index contributed by atoms with van der Waals surface area (Å²) in [6.07, 6.45) is 0. The highest BCUT2D eigenvalue weighted by atomic mass is 32.2. The van der Waals surface area contributed by atoms with E-state index in [2.05, 4.69) is 9.46 Å². The first-order valence-corrected chi connectivity index (χ1v) is 7.55. The van der Waals surface area contributed by atoms with Gasteiger partial charge in [-0.2, -0.15) is 8.78 Å². The van der Waals surface area contributed by atoms with Crippen molar-refractivity contribution >= 4 is 10.0 Å². The molecule has 7 heteroatoms. The summed E-state index contributed by atoms with van der Waals surface area (Å²) in [7, 11) is -3.94. The zero-order valence-electron chi connectivity index (χ0n) is 10.9. The van der Waals surface area contributed by atoms with Crippen LogP contribution >= 0.6 is 0 Å². The van der Waals surface area contributed by atoms with Crippen LogP contribution in [0.3, 0.4) is 0 Å². The maximum Gasteiger partial charge on any atom is 0.387 e. The van der Waals surface area contributed by atoms with E-state index in [9.17, 15) is 17.2 Å². The summed E-state index contributed by atoms with van der Waals surface area (Å²) in [6, 6.07) is 14.1. The molecule has 0 unspecified atom stereocenters. The fourth-order valence-electron chi connectivity index (χ4n) is 1.72. The molecule has 4 nitrogen and oxygen atoms in total. The lowest BCUT2D eigenvalue weighted by Crippen LogP contribution is -2.24. The molecule has 0 atom stereocenters. The van der Waals surface area contributed by atoms with Crippen LogP contribution in [0.5, 0.6) is 5.75 Å². The average Bonchev–Trinajstić information content (AvgIpc) is 2.46. The first kappa shape index (κ1) is 15.4. The third-order valence-electron chi connectivity index (χ3n) is 2.66. The summed E-state index contributed by atoms with van der Waals surface area (Å²) in [4.78, 5) is -0.318. The molecule has 0 aromatic heterocycles. The number of rotatable bonds is 6. The molecule has 112 valence electrons. The Labute approximate surface area is 121 Å². The lowest BCUT2D eigenvalue weighted by Gasteiger charge is -2.12. The lowest BCUT2D eigenvalue weighted by atomic mass is 10.2. The van der Waals surface area contributed by atoms with Crippen molar-refractivity contribution in [2.24, 2.45) is 0 Å². The first-order chi connectivity index (χ1) is 9.99. The van der Waals surface area contributed by atoms with Gasteiger partial charge in [-0.15, -0.1) is 0 Å². The molecule has 0 heterocycles. The maximum absolute atomic E-state index is 12.3. The minimum atomic E-state index is -3.94. The van der Waals surface area contributed by atoms with E-state index in [1.807, 2.05) is 6.07 Å². The molecule has 21 heavy (non-hydrogen) atoms. The smallest absolute Gasteiger partial charge is 0.387 e. The van der Waals surface area contributed by atoms with Gasteiger partial charge in [-0.05, 0) is 17.7 Å². The fourth-order valence-corrected chi connectivity index (χ4v) is 2.87. The summed E-state index contributed by atoms with van der Waals surface area (Å²) in [5, 5.41) is 0. The standard InChI is InChI=1S/C14H13F2NO3S/c15-14(16)20-12-8-4-5-9-13(12)21(18,19)17-10-11-6-2-1-3-7-11/h1-9,14,17H,10H2. The Morgan fingerprint density at radius 3 is 2.29 bits per heavy atom. The van der Waals surface area contributed by atoms with Gasteiger partial charge in [-0.25, -0.2) is 13.1 Å². The summed E-state index contributed by atoms with van der Waals surface area (Å²) in [5.74, 6) is -0.381. The Morgan fingerprint density at radius 2 is 1.62 bits per heavy atom. The zero-order valence-corrected chi connectivity index (χ0v) is 11.7. The Balaban J connectivity index is 2.20. The van der Waals surface area contributed by atoms with Crippen LogP contribution in [-0.4, -0.2) is 15.0 Å². The van der Waals surface area contributed by atoms with E-state index < -0.39 is 16.6 Å². The van der Waals surface area contributed by atoms with Crippen molar-refractivity contribution in [2.75, 3.05) is 0 Å². The second-order valence-corrected chi connectivity index (χ2v) is 5.87. The molecule has 0 bridgehead atoms. The van der Waals surface area contributed by atoms with E-state index in [1.54, 1.807) is 24.3 Å². The highest BCUT2D eigenvalue weighted by Gasteiger charge is 2.20. The molecule has 0 aliphatic rings. The van der Waals surface area contributed by atoms with Gasteiger partial charge in [0.1, 0.15) is 10.6 Å². The molecule has 0 saturated carbocycles. The largest absolute Gasteiger partial charge is 0.433 e. The van der Waals surface area contributed by atoms with Crippen LogP contribution in [0, 0.1) is 0 Å². The number of halogens is 2. The van der Waals surface area contributed by atoms with Crippen molar-refractivity contribution in [1.29, 1.82) is 0 Å². The van der Waals surface area contributed by atoms with Crippen molar-refractivity contribution in [1.82, 2.24) is 4.72 Å². The van der Waals surface area contributed by atoms with E-state index >= 15 is 0 Å². The molecule has 0 spiro atoms. The molecule has 1 N–H and O–H groups in total. The molecule has 0 fully saturated rings. The Bertz CT molecular complexity index is 690. The Hall–Kier alpha value is -1.99. The van der Waals surface area contributed by atoms with Gasteiger partial charge in [0.05, 0.1) is 0 Å². The lowest BCUT2D eigenvalue weighted by molar-refractivity contribution is -0.0517. The second kappa shape index (κ2) is 6.64. The van der Waals surface area contributed by atoms with Crippen molar-refractivity contribution < 1.29 is 21.9 Å². The highest BCUT2D eigenvalue weighted by Crippen LogP contribution is 2.24. The predicted molar refractivity (Wildman–Crippen MR) is 73.5 cm³/mol. The van der Waals surface area contributed by atoms with Gasteiger partial charge in [-0.1, -0.05) is 42.5 Å². The van der Waals surface area contributed by atoms with Crippen molar-refractivity contribution in [3.63, 3.8) is 0 Å². The van der Waals surface area contributed by atoms with Crippen LogP contribution < -0.4 is 9.46 Å². The van der Waals surface area contributed by atoms with Crippen LogP contribution in [0.4, 0.5) is 8.78 Å². The first-order valence-electron chi connectivity index (χ1n) is 6.06. The zero-order chi connectivity index (χ0) is 15.3. The van der Waals surface area contributed by atoms with E-state index in [1.165, 1.54) is 24.3 Å². The van der Waals surface area contributed by atoms with Gasteiger partial charge in [0.2, 0.25) is 10.0 Å². The molecular formula is C14H13F2NO3S. The van der Waals surface area contributed by atoms with Crippen LogP contribution in [0.1, 0.15) is 5.56 Å². The monoisotopic (exact) mass is 313 g/mol. The van der Waals surface area contributed by atoms with Gasteiger partial charge in [-0.3, -0.25) is 0 Å². The molecule has 2 aromatic carbocycles. The number of sulfonamides is 1. The number of hydrogen-bond acceptors (Lipinski definition) is 3. The van der Waals surface area contributed by atoms with E-state index in [0.29, 0.717) is 0 Å². The highest BCUT2D eigenvalue weighted by molar-refractivity contribution is 7.89. The van der Waals surface area contributed by atoms with Crippen LogP contribution in [-0.2, 0) is 16.6 Å². The molecule has 0 saturated heterocycles. The molecule has 0 radical (unpaired) electrons. The Morgan fingerprint density at radius 1 is 1.00 bits per heavy atom. The molecular weight excluding hydrogens is 300 g/mol. The quantitative estimate of drug-likeness (QED) is 0.892. The molecule has 2 rings (SSSR count). The van der Waals surface area contributed by atoms with Crippen LogP contribution in [0.15, 0.2) is 59.5 Å². The van der Waals surface area contributed by atoms with E-state index in [0.717, 1.165) is 5.56 Å². The van der Waals surface area contributed by atoms with E-state index in [4.69, 9.17) is 0 Å². The number of hydrogen-bond donors (Lipinski definition) is 1. The van der Waals surface area contributed by atoms with Gasteiger partial charge in [0.25, 0.3) is 0 Å². The van der Waals surface area contributed by atoms with Gasteiger partial charge >= 0.3 is 6.61 Å². The van der Waals surface area contributed by atoms with E-state index in [-0.39, 0.29) is 17.2 Å². The van der Waals surface area contributed by atoms with Crippen LogP contribution in [0.25, 0.3) is 0 Å². The minimum Gasteiger partial charge on any atom is -0.433 e. The minimum absolute atomic E-state index is 0.0617. The van der Waals surface area contributed by atoms with Gasteiger partial charge in [0, 0.05) is 6.54 Å². The maximum atomic E-state index is 12.3.